The highest BCUT2D eigenvalue weighted by atomic mass is 127. The third kappa shape index (κ3) is 2.26. The van der Waals surface area contributed by atoms with Crippen LogP contribution in [-0.2, 0) is 4.79 Å². The molecule has 1 atom stereocenters. The Morgan fingerprint density at radius 2 is 2.14 bits per heavy atom. The molecule has 0 saturated heterocycles. The monoisotopic (exact) mass is 370 g/mol. The SMILES string of the molecule is Cc1ccc(C(O)C(=O)O)c(Br)c1I. The molecule has 0 spiro atoms. The molecule has 0 radical (unpaired) electrons. The summed E-state index contributed by atoms with van der Waals surface area (Å²) in [5.74, 6) is -1.25. The molecule has 76 valence electrons. The average Bonchev–Trinajstić information content (AvgIpc) is 2.13. The van der Waals surface area contributed by atoms with Crippen molar-refractivity contribution in [3.63, 3.8) is 0 Å². The highest BCUT2D eigenvalue weighted by Gasteiger charge is 2.20. The van der Waals surface area contributed by atoms with Gasteiger partial charge in [0.2, 0.25) is 0 Å². The predicted octanol–water partition coefficient (Wildman–Crippen LogP) is 2.48. The largest absolute Gasteiger partial charge is 0.479 e. The summed E-state index contributed by atoms with van der Waals surface area (Å²) in [6.07, 6.45) is -1.47. The number of carbonyl (C=O) groups is 1. The van der Waals surface area contributed by atoms with Gasteiger partial charge in [0.15, 0.2) is 6.10 Å². The third-order valence-electron chi connectivity index (χ3n) is 1.83. The number of rotatable bonds is 2. The summed E-state index contributed by atoms with van der Waals surface area (Å²) in [6.45, 7) is 1.92. The topological polar surface area (TPSA) is 57.5 Å². The lowest BCUT2D eigenvalue weighted by molar-refractivity contribution is -0.147. The minimum atomic E-state index is -1.47. The molecular formula is C9H8BrIO3. The van der Waals surface area contributed by atoms with Crippen LogP contribution in [0, 0.1) is 10.5 Å². The van der Waals surface area contributed by atoms with Crippen LogP contribution >= 0.6 is 38.5 Å². The molecule has 0 aliphatic carbocycles. The predicted molar refractivity (Wildman–Crippen MR) is 64.2 cm³/mol. The van der Waals surface area contributed by atoms with E-state index in [-0.39, 0.29) is 0 Å². The van der Waals surface area contributed by atoms with Crippen molar-refractivity contribution in [1.29, 1.82) is 0 Å². The summed E-state index contributed by atoms with van der Waals surface area (Å²) >= 11 is 5.37. The Hall–Kier alpha value is -0.140. The molecule has 0 amide bonds. The van der Waals surface area contributed by atoms with Crippen LogP contribution in [0.5, 0.6) is 0 Å². The van der Waals surface area contributed by atoms with E-state index in [4.69, 9.17) is 5.11 Å². The van der Waals surface area contributed by atoms with Gasteiger partial charge in [-0.1, -0.05) is 12.1 Å². The Morgan fingerprint density at radius 1 is 1.57 bits per heavy atom. The first-order chi connectivity index (χ1) is 6.45. The van der Waals surface area contributed by atoms with Crippen LogP contribution in [-0.4, -0.2) is 16.2 Å². The van der Waals surface area contributed by atoms with Crippen molar-refractivity contribution in [3.05, 3.63) is 31.3 Å². The molecule has 0 aliphatic heterocycles. The van der Waals surface area contributed by atoms with Gasteiger partial charge in [-0.15, -0.1) is 0 Å². The Labute approximate surface area is 103 Å². The lowest BCUT2D eigenvalue weighted by Crippen LogP contribution is -2.11. The van der Waals surface area contributed by atoms with Crippen molar-refractivity contribution in [2.45, 2.75) is 13.0 Å². The van der Waals surface area contributed by atoms with Crippen molar-refractivity contribution in [3.8, 4) is 0 Å². The molecule has 2 N–H and O–H groups in total. The number of aliphatic hydroxyl groups is 1. The second kappa shape index (κ2) is 4.59. The number of aliphatic hydroxyl groups excluding tert-OH is 1. The van der Waals surface area contributed by atoms with Crippen molar-refractivity contribution < 1.29 is 15.0 Å². The zero-order chi connectivity index (χ0) is 10.9. The average molecular weight is 371 g/mol. The minimum absolute atomic E-state index is 0.382. The van der Waals surface area contributed by atoms with Gasteiger partial charge in [0.25, 0.3) is 0 Å². The van der Waals surface area contributed by atoms with Gasteiger partial charge < -0.3 is 10.2 Å². The van der Waals surface area contributed by atoms with Crippen LogP contribution in [0.2, 0.25) is 0 Å². The fourth-order valence-corrected chi connectivity index (χ4v) is 2.16. The smallest absolute Gasteiger partial charge is 0.337 e. The summed E-state index contributed by atoms with van der Waals surface area (Å²) in [5, 5.41) is 18.0. The first kappa shape index (κ1) is 11.9. The van der Waals surface area contributed by atoms with E-state index >= 15 is 0 Å². The number of carboxylic acid groups (broad SMARTS) is 1. The number of aliphatic carboxylic acids is 1. The Balaban J connectivity index is 3.24. The second-order valence-corrected chi connectivity index (χ2v) is 4.71. The molecule has 3 nitrogen and oxygen atoms in total. The molecule has 1 rings (SSSR count). The minimum Gasteiger partial charge on any atom is -0.479 e. The highest BCUT2D eigenvalue weighted by molar-refractivity contribution is 14.1. The lowest BCUT2D eigenvalue weighted by atomic mass is 10.1. The fraction of sp³-hybridized carbons (Fsp3) is 0.222. The number of carboxylic acids is 1. The van der Waals surface area contributed by atoms with Crippen LogP contribution < -0.4 is 0 Å². The summed E-state index contributed by atoms with van der Waals surface area (Å²) < 4.78 is 1.56. The molecule has 0 fully saturated rings. The standard InChI is InChI=1S/C9H8BrIO3/c1-4-2-3-5(6(10)7(4)11)8(12)9(13)14/h2-3,8,12H,1H3,(H,13,14). The van der Waals surface area contributed by atoms with Crippen LogP contribution in [0.4, 0.5) is 0 Å². The number of hydrogen-bond acceptors (Lipinski definition) is 2. The van der Waals surface area contributed by atoms with Crippen molar-refractivity contribution in [2.75, 3.05) is 0 Å². The number of benzene rings is 1. The van der Waals surface area contributed by atoms with Gasteiger partial charge >= 0.3 is 5.97 Å². The van der Waals surface area contributed by atoms with Gasteiger partial charge in [0, 0.05) is 13.6 Å². The maximum Gasteiger partial charge on any atom is 0.337 e. The second-order valence-electron chi connectivity index (χ2n) is 2.84. The molecule has 0 aliphatic rings. The van der Waals surface area contributed by atoms with E-state index < -0.39 is 12.1 Å². The summed E-state index contributed by atoms with van der Waals surface area (Å²) in [5.41, 5.74) is 1.42. The molecule has 14 heavy (non-hydrogen) atoms. The summed E-state index contributed by atoms with van der Waals surface area (Å²) in [6, 6.07) is 3.40. The van der Waals surface area contributed by atoms with Crippen LogP contribution in [0.1, 0.15) is 17.2 Å². The lowest BCUT2D eigenvalue weighted by Gasteiger charge is -2.11. The normalized spacial score (nSPS) is 12.6. The van der Waals surface area contributed by atoms with E-state index in [9.17, 15) is 9.90 Å². The van der Waals surface area contributed by atoms with Gasteiger partial charge in [-0.25, -0.2) is 4.79 Å². The zero-order valence-corrected chi connectivity index (χ0v) is 11.0. The molecule has 5 heteroatoms. The summed E-state index contributed by atoms with van der Waals surface area (Å²) in [4.78, 5) is 10.6. The summed E-state index contributed by atoms with van der Waals surface area (Å²) in [7, 11) is 0. The van der Waals surface area contributed by atoms with Crippen LogP contribution in [0.15, 0.2) is 16.6 Å². The van der Waals surface area contributed by atoms with Crippen molar-refractivity contribution >= 4 is 44.5 Å². The van der Waals surface area contributed by atoms with Crippen LogP contribution in [0.25, 0.3) is 0 Å². The molecule has 0 bridgehead atoms. The van der Waals surface area contributed by atoms with Crippen LogP contribution in [0.3, 0.4) is 0 Å². The van der Waals surface area contributed by atoms with E-state index in [2.05, 4.69) is 38.5 Å². The number of halogens is 2. The van der Waals surface area contributed by atoms with Gasteiger partial charge in [0.1, 0.15) is 0 Å². The number of hydrogen-bond donors (Lipinski definition) is 2. The molecule has 1 aromatic carbocycles. The Morgan fingerprint density at radius 3 is 2.64 bits per heavy atom. The molecule has 0 aromatic heterocycles. The van der Waals surface area contributed by atoms with Crippen molar-refractivity contribution in [1.82, 2.24) is 0 Å². The Bertz CT molecular complexity index is 379. The van der Waals surface area contributed by atoms with E-state index in [0.717, 1.165) is 9.13 Å². The molecule has 0 heterocycles. The molecule has 0 saturated carbocycles. The maximum absolute atomic E-state index is 10.6. The molecule has 1 unspecified atom stereocenters. The first-order valence-electron chi connectivity index (χ1n) is 3.80. The molecule has 1 aromatic rings. The zero-order valence-electron chi connectivity index (χ0n) is 7.29. The fourth-order valence-electron chi connectivity index (χ4n) is 1.01. The number of aryl methyl sites for hydroxylation is 1. The maximum atomic E-state index is 10.6. The quantitative estimate of drug-likeness (QED) is 0.786. The van der Waals surface area contributed by atoms with E-state index in [1.54, 1.807) is 12.1 Å². The van der Waals surface area contributed by atoms with E-state index in [1.165, 1.54) is 0 Å². The van der Waals surface area contributed by atoms with E-state index in [0.29, 0.717) is 10.0 Å². The van der Waals surface area contributed by atoms with Gasteiger partial charge in [-0.3, -0.25) is 0 Å². The third-order valence-corrected chi connectivity index (χ3v) is 4.82. The Kier molecular flexibility index (Phi) is 3.91. The first-order valence-corrected chi connectivity index (χ1v) is 5.67. The van der Waals surface area contributed by atoms with Gasteiger partial charge in [-0.05, 0) is 51.0 Å². The van der Waals surface area contributed by atoms with Gasteiger partial charge in [-0.2, -0.15) is 0 Å². The molecular weight excluding hydrogens is 363 g/mol. The van der Waals surface area contributed by atoms with E-state index in [1.807, 2.05) is 6.92 Å². The highest BCUT2D eigenvalue weighted by Crippen LogP contribution is 2.30. The van der Waals surface area contributed by atoms with Gasteiger partial charge in [0.05, 0.1) is 0 Å². The van der Waals surface area contributed by atoms with Crippen molar-refractivity contribution in [2.24, 2.45) is 0 Å².